The summed E-state index contributed by atoms with van der Waals surface area (Å²) < 4.78 is 40.9. The number of anilines is 2. The first-order valence-electron chi connectivity index (χ1n) is 8.16. The number of carboxylic acid groups (broad SMARTS) is 1. The number of amides is 1. The minimum Gasteiger partial charge on any atom is -0.478 e. The number of carboxylic acids is 1. The van der Waals surface area contributed by atoms with E-state index in [0.29, 0.717) is 12.2 Å². The molecule has 0 saturated heterocycles. The Bertz CT molecular complexity index is 1040. The number of aromatic carboxylic acids is 1. The Labute approximate surface area is 155 Å². The number of nitrogens with one attached hydrogen (secondary N) is 1. The van der Waals surface area contributed by atoms with Gasteiger partial charge in [0.05, 0.1) is 16.1 Å². The summed E-state index contributed by atoms with van der Waals surface area (Å²) in [4.78, 5) is 24.5. The second-order valence-electron chi connectivity index (χ2n) is 6.17. The lowest BCUT2D eigenvalue weighted by Gasteiger charge is -2.29. The van der Waals surface area contributed by atoms with Crippen molar-refractivity contribution in [2.24, 2.45) is 0 Å². The Morgan fingerprint density at radius 1 is 1.19 bits per heavy atom. The van der Waals surface area contributed by atoms with Crippen LogP contribution in [0.2, 0.25) is 0 Å². The highest BCUT2D eigenvalue weighted by Gasteiger charge is 2.24. The maximum absolute atomic E-state index is 13.3. The van der Waals surface area contributed by atoms with Gasteiger partial charge in [-0.15, -0.1) is 0 Å². The lowest BCUT2D eigenvalue weighted by molar-refractivity contribution is -0.116. The van der Waals surface area contributed by atoms with E-state index in [9.17, 15) is 22.4 Å². The van der Waals surface area contributed by atoms with Crippen LogP contribution in [0.5, 0.6) is 0 Å². The molecule has 0 spiro atoms. The largest absolute Gasteiger partial charge is 0.478 e. The zero-order valence-electron chi connectivity index (χ0n) is 14.4. The van der Waals surface area contributed by atoms with Gasteiger partial charge >= 0.3 is 5.97 Å². The molecule has 3 rings (SSSR count). The molecule has 2 N–H and O–H groups in total. The lowest BCUT2D eigenvalue weighted by atomic mass is 10.0. The third kappa shape index (κ3) is 3.77. The summed E-state index contributed by atoms with van der Waals surface area (Å²) in [7, 11) is -4.14. The second kappa shape index (κ2) is 6.99. The van der Waals surface area contributed by atoms with Crippen LogP contribution in [0.25, 0.3) is 0 Å². The van der Waals surface area contributed by atoms with E-state index in [0.717, 1.165) is 36.6 Å². The van der Waals surface area contributed by atoms with Crippen molar-refractivity contribution in [1.82, 2.24) is 0 Å². The van der Waals surface area contributed by atoms with Gasteiger partial charge in [0.1, 0.15) is 5.82 Å². The minimum atomic E-state index is -4.14. The number of sulfonamides is 1. The predicted molar refractivity (Wildman–Crippen MR) is 97.0 cm³/mol. The molecule has 2 aromatic carbocycles. The molecule has 7 nitrogen and oxygen atoms in total. The summed E-state index contributed by atoms with van der Waals surface area (Å²) >= 11 is 0. The number of halogens is 1. The zero-order valence-corrected chi connectivity index (χ0v) is 15.2. The van der Waals surface area contributed by atoms with E-state index in [1.165, 1.54) is 24.0 Å². The van der Waals surface area contributed by atoms with E-state index < -0.39 is 27.4 Å². The van der Waals surface area contributed by atoms with Crippen molar-refractivity contribution in [3.8, 4) is 0 Å². The first-order valence-corrected chi connectivity index (χ1v) is 9.64. The molecule has 2 aromatic rings. The fraction of sp³-hybridized carbons (Fsp3) is 0.222. The number of fused-ring (bicyclic) bond motifs is 1. The van der Waals surface area contributed by atoms with E-state index >= 15 is 0 Å². The standard InChI is InChI=1S/C18H17FN2O5S/c1-11(22)21-8-2-3-12-4-6-14(10-17(12)21)27(25,26)20-16-7-5-13(19)9-15(16)18(23)24/h4-7,9-10,20H,2-3,8H2,1H3,(H,23,24). The van der Waals surface area contributed by atoms with Gasteiger partial charge in [0.2, 0.25) is 5.91 Å². The van der Waals surface area contributed by atoms with Gasteiger partial charge < -0.3 is 10.0 Å². The lowest BCUT2D eigenvalue weighted by Crippen LogP contribution is -2.33. The molecule has 0 atom stereocenters. The first kappa shape index (κ1) is 18.8. The Hall–Kier alpha value is -2.94. The monoisotopic (exact) mass is 392 g/mol. The Balaban J connectivity index is 2.01. The second-order valence-corrected chi connectivity index (χ2v) is 7.85. The average Bonchev–Trinajstić information content (AvgIpc) is 2.61. The number of hydrogen-bond donors (Lipinski definition) is 2. The quantitative estimate of drug-likeness (QED) is 0.832. The topological polar surface area (TPSA) is 104 Å². The molecule has 1 aliphatic rings. The van der Waals surface area contributed by atoms with E-state index in [2.05, 4.69) is 4.72 Å². The van der Waals surface area contributed by atoms with Crippen LogP contribution in [0.15, 0.2) is 41.3 Å². The van der Waals surface area contributed by atoms with Gasteiger partial charge in [0, 0.05) is 19.2 Å². The van der Waals surface area contributed by atoms with E-state index in [-0.39, 0.29) is 16.5 Å². The van der Waals surface area contributed by atoms with E-state index in [4.69, 9.17) is 5.11 Å². The van der Waals surface area contributed by atoms with Gasteiger partial charge in [-0.3, -0.25) is 9.52 Å². The van der Waals surface area contributed by atoms with Crippen molar-refractivity contribution < 1.29 is 27.5 Å². The van der Waals surface area contributed by atoms with Crippen LogP contribution in [0.4, 0.5) is 15.8 Å². The highest BCUT2D eigenvalue weighted by atomic mass is 32.2. The maximum Gasteiger partial charge on any atom is 0.337 e. The maximum atomic E-state index is 13.3. The van der Waals surface area contributed by atoms with Gasteiger partial charge in [-0.2, -0.15) is 0 Å². The van der Waals surface area contributed by atoms with Crippen LogP contribution < -0.4 is 9.62 Å². The average molecular weight is 392 g/mol. The highest BCUT2D eigenvalue weighted by Crippen LogP contribution is 2.31. The van der Waals surface area contributed by atoms with Crippen molar-refractivity contribution >= 4 is 33.3 Å². The summed E-state index contributed by atoms with van der Waals surface area (Å²) in [6.07, 6.45) is 1.52. The fourth-order valence-electron chi connectivity index (χ4n) is 3.03. The van der Waals surface area contributed by atoms with Crippen molar-refractivity contribution in [3.63, 3.8) is 0 Å². The van der Waals surface area contributed by atoms with Crippen LogP contribution in [0, 0.1) is 5.82 Å². The van der Waals surface area contributed by atoms with E-state index in [1.807, 2.05) is 0 Å². The van der Waals surface area contributed by atoms with Crippen LogP contribution in [0.1, 0.15) is 29.3 Å². The molecule has 1 aliphatic heterocycles. The number of carbonyl (C=O) groups is 2. The Kier molecular flexibility index (Phi) is 4.88. The Morgan fingerprint density at radius 3 is 2.59 bits per heavy atom. The van der Waals surface area contributed by atoms with Crippen LogP contribution in [0.3, 0.4) is 0 Å². The fourth-order valence-corrected chi connectivity index (χ4v) is 4.13. The van der Waals surface area contributed by atoms with Gasteiger partial charge in [-0.25, -0.2) is 17.6 Å². The van der Waals surface area contributed by atoms with Gasteiger partial charge in [0.25, 0.3) is 10.0 Å². The summed E-state index contributed by atoms with van der Waals surface area (Å²) in [5.41, 5.74) is 0.643. The third-order valence-electron chi connectivity index (χ3n) is 4.32. The molecule has 0 saturated carbocycles. The molecule has 0 fully saturated rings. The summed E-state index contributed by atoms with van der Waals surface area (Å²) in [5.74, 6) is -2.44. The smallest absolute Gasteiger partial charge is 0.337 e. The molecule has 1 amide bonds. The molecule has 1 heterocycles. The highest BCUT2D eigenvalue weighted by molar-refractivity contribution is 7.92. The van der Waals surface area contributed by atoms with Crippen molar-refractivity contribution in [2.75, 3.05) is 16.2 Å². The molecular formula is C18H17FN2O5S. The number of nitrogens with zero attached hydrogens (tertiary/aromatic N) is 1. The summed E-state index contributed by atoms with van der Waals surface area (Å²) in [6.45, 7) is 1.91. The molecule has 27 heavy (non-hydrogen) atoms. The summed E-state index contributed by atoms with van der Waals surface area (Å²) in [5, 5.41) is 9.17. The third-order valence-corrected chi connectivity index (χ3v) is 5.69. The van der Waals surface area contributed by atoms with E-state index in [1.54, 1.807) is 6.07 Å². The normalized spacial score (nSPS) is 13.8. The SMILES string of the molecule is CC(=O)N1CCCc2ccc(S(=O)(=O)Nc3ccc(F)cc3C(=O)O)cc21. The number of carbonyl (C=O) groups excluding carboxylic acids is 1. The van der Waals surface area contributed by atoms with Gasteiger partial charge in [-0.1, -0.05) is 6.07 Å². The van der Waals surface area contributed by atoms with Gasteiger partial charge in [0.15, 0.2) is 0 Å². The molecule has 0 radical (unpaired) electrons. The zero-order chi connectivity index (χ0) is 19.8. The van der Waals surface area contributed by atoms with Crippen molar-refractivity contribution in [3.05, 3.63) is 53.3 Å². The Morgan fingerprint density at radius 2 is 1.93 bits per heavy atom. The van der Waals surface area contributed by atoms with Gasteiger partial charge in [-0.05, 0) is 48.7 Å². The van der Waals surface area contributed by atoms with Crippen molar-refractivity contribution in [1.29, 1.82) is 0 Å². The van der Waals surface area contributed by atoms with Crippen LogP contribution >= 0.6 is 0 Å². The molecule has 0 aromatic heterocycles. The molecule has 0 unspecified atom stereocenters. The number of rotatable bonds is 4. The first-order chi connectivity index (χ1) is 12.7. The molecule has 0 bridgehead atoms. The van der Waals surface area contributed by atoms with Crippen LogP contribution in [-0.4, -0.2) is 31.9 Å². The summed E-state index contributed by atoms with van der Waals surface area (Å²) in [6, 6.07) is 7.19. The number of aryl methyl sites for hydroxylation is 1. The number of hydrogen-bond acceptors (Lipinski definition) is 4. The molecule has 9 heteroatoms. The van der Waals surface area contributed by atoms with Crippen molar-refractivity contribution in [2.45, 2.75) is 24.7 Å². The predicted octanol–water partition coefficient (Wildman–Crippen LogP) is 2.62. The molecule has 0 aliphatic carbocycles. The number of benzene rings is 2. The molecular weight excluding hydrogens is 375 g/mol. The molecule has 142 valence electrons. The van der Waals surface area contributed by atoms with Crippen LogP contribution in [-0.2, 0) is 21.2 Å². The minimum absolute atomic E-state index is 0.116.